The number of hydrogen-bond donors (Lipinski definition) is 2. The van der Waals surface area contributed by atoms with Crippen molar-refractivity contribution in [3.05, 3.63) is 71.4 Å². The second kappa shape index (κ2) is 8.52. The van der Waals surface area contributed by atoms with Gasteiger partial charge in [0.2, 0.25) is 0 Å². The van der Waals surface area contributed by atoms with Gasteiger partial charge in [-0.05, 0) is 36.2 Å². The van der Waals surface area contributed by atoms with E-state index in [0.717, 1.165) is 23.0 Å². The highest BCUT2D eigenvalue weighted by Gasteiger charge is 2.25. The maximum atomic E-state index is 13.2. The fraction of sp³-hybridized carbons (Fsp3) is 0.273. The highest BCUT2D eigenvalue weighted by molar-refractivity contribution is 5.98. The lowest BCUT2D eigenvalue weighted by Crippen LogP contribution is -2.53. The van der Waals surface area contributed by atoms with Crippen LogP contribution in [0.1, 0.15) is 16.1 Å². The van der Waals surface area contributed by atoms with Crippen LogP contribution in [-0.2, 0) is 6.42 Å². The van der Waals surface area contributed by atoms with Gasteiger partial charge >= 0.3 is 6.03 Å². The van der Waals surface area contributed by atoms with Gasteiger partial charge in [-0.15, -0.1) is 0 Å². The molecule has 156 valence electrons. The fourth-order valence-corrected chi connectivity index (χ4v) is 3.59. The Hall–Kier alpha value is -3.42. The third-order valence-corrected chi connectivity index (χ3v) is 5.29. The van der Waals surface area contributed by atoms with Gasteiger partial charge in [-0.2, -0.15) is 0 Å². The molecule has 2 aromatic carbocycles. The molecule has 0 unspecified atom stereocenters. The average molecular weight is 412 g/mol. The maximum Gasteiger partial charge on any atom is 0.317 e. The molecule has 3 amide bonds. The van der Waals surface area contributed by atoms with Crippen molar-refractivity contribution in [2.45, 2.75) is 6.42 Å². The number of carbonyl (C=O) groups excluding carboxylic acids is 2. The Balaban J connectivity index is 1.25. The van der Waals surface area contributed by atoms with Gasteiger partial charge in [0.25, 0.3) is 5.91 Å². The SMILES string of the molecule is O=C(NCCc1ccc(F)c(F)c1)N1CCN(C(=O)c2cc3ccccc3[nH]2)CC1. The molecule has 0 aliphatic carbocycles. The van der Waals surface area contributed by atoms with Gasteiger partial charge in [-0.25, -0.2) is 13.6 Å². The molecule has 3 aromatic rings. The number of rotatable bonds is 4. The first-order valence-electron chi connectivity index (χ1n) is 9.85. The van der Waals surface area contributed by atoms with Crippen molar-refractivity contribution < 1.29 is 18.4 Å². The zero-order valence-corrected chi connectivity index (χ0v) is 16.3. The molecule has 2 heterocycles. The fourth-order valence-electron chi connectivity index (χ4n) is 3.59. The molecule has 1 aliphatic rings. The number of piperazine rings is 1. The van der Waals surface area contributed by atoms with Crippen LogP contribution in [0.2, 0.25) is 0 Å². The van der Waals surface area contributed by atoms with Crippen molar-refractivity contribution in [2.75, 3.05) is 32.7 Å². The molecule has 0 atom stereocenters. The molecule has 0 radical (unpaired) electrons. The Bertz CT molecular complexity index is 1040. The van der Waals surface area contributed by atoms with E-state index >= 15 is 0 Å². The van der Waals surface area contributed by atoms with Crippen LogP contribution in [0.3, 0.4) is 0 Å². The monoisotopic (exact) mass is 412 g/mol. The number of nitrogens with one attached hydrogen (secondary N) is 2. The molecule has 30 heavy (non-hydrogen) atoms. The minimum absolute atomic E-state index is 0.0791. The van der Waals surface area contributed by atoms with Crippen LogP contribution in [0.25, 0.3) is 10.9 Å². The minimum Gasteiger partial charge on any atom is -0.351 e. The van der Waals surface area contributed by atoms with Gasteiger partial charge in [0.15, 0.2) is 11.6 Å². The molecule has 8 heteroatoms. The number of benzene rings is 2. The van der Waals surface area contributed by atoms with Crippen molar-refractivity contribution in [3.63, 3.8) is 0 Å². The summed E-state index contributed by atoms with van der Waals surface area (Å²) in [6.45, 7) is 2.08. The maximum absolute atomic E-state index is 13.2. The zero-order valence-electron chi connectivity index (χ0n) is 16.3. The molecule has 4 rings (SSSR count). The summed E-state index contributed by atoms with van der Waals surface area (Å²) in [4.78, 5) is 31.6. The summed E-state index contributed by atoms with van der Waals surface area (Å²) < 4.78 is 26.2. The highest BCUT2D eigenvalue weighted by atomic mass is 19.2. The average Bonchev–Trinajstić information content (AvgIpc) is 3.20. The number of carbonyl (C=O) groups is 2. The van der Waals surface area contributed by atoms with E-state index in [9.17, 15) is 18.4 Å². The number of urea groups is 1. The standard InChI is InChI=1S/C22H22F2N4O2/c23-17-6-5-15(13-18(17)24)7-8-25-22(30)28-11-9-27(10-12-28)21(29)20-14-16-3-1-2-4-19(16)26-20/h1-6,13-14,26H,7-12H2,(H,25,30). The van der Waals surface area contributed by atoms with Gasteiger partial charge in [0.05, 0.1) is 0 Å². The number of hydrogen-bond acceptors (Lipinski definition) is 2. The quantitative estimate of drug-likeness (QED) is 0.691. The van der Waals surface area contributed by atoms with E-state index in [2.05, 4.69) is 10.3 Å². The molecule has 0 bridgehead atoms. The van der Waals surface area contributed by atoms with E-state index in [1.807, 2.05) is 30.3 Å². The van der Waals surface area contributed by atoms with E-state index < -0.39 is 11.6 Å². The number of para-hydroxylation sites is 1. The Morgan fingerprint density at radius 2 is 1.67 bits per heavy atom. The Kier molecular flexibility index (Phi) is 5.65. The predicted molar refractivity (Wildman–Crippen MR) is 109 cm³/mol. The van der Waals surface area contributed by atoms with E-state index in [0.29, 0.717) is 50.4 Å². The van der Waals surface area contributed by atoms with Crippen molar-refractivity contribution in [3.8, 4) is 0 Å². The summed E-state index contributed by atoms with van der Waals surface area (Å²) in [6, 6.07) is 13.0. The lowest BCUT2D eigenvalue weighted by molar-refractivity contribution is 0.0660. The molecule has 0 saturated carbocycles. The molecule has 0 spiro atoms. The van der Waals surface area contributed by atoms with E-state index in [1.54, 1.807) is 9.80 Å². The predicted octanol–water partition coefficient (Wildman–Crippen LogP) is 3.16. The number of aromatic amines is 1. The van der Waals surface area contributed by atoms with Crippen molar-refractivity contribution in [1.82, 2.24) is 20.1 Å². The number of halogens is 2. The van der Waals surface area contributed by atoms with E-state index in [1.165, 1.54) is 6.07 Å². The number of nitrogens with zero attached hydrogens (tertiary/aromatic N) is 2. The third kappa shape index (κ3) is 4.27. The van der Waals surface area contributed by atoms with E-state index in [-0.39, 0.29) is 11.9 Å². The summed E-state index contributed by atoms with van der Waals surface area (Å²) in [7, 11) is 0. The number of H-pyrrole nitrogens is 1. The van der Waals surface area contributed by atoms with Crippen molar-refractivity contribution in [2.24, 2.45) is 0 Å². The normalized spacial score (nSPS) is 14.2. The van der Waals surface area contributed by atoms with Gasteiger partial charge in [-0.1, -0.05) is 24.3 Å². The second-order valence-electron chi connectivity index (χ2n) is 7.28. The van der Waals surface area contributed by atoms with Crippen molar-refractivity contribution >= 4 is 22.8 Å². The first-order chi connectivity index (χ1) is 14.5. The van der Waals surface area contributed by atoms with Crippen LogP contribution < -0.4 is 5.32 Å². The summed E-state index contributed by atoms with van der Waals surface area (Å²) in [5.41, 5.74) is 2.07. The molecule has 1 fully saturated rings. The van der Waals surface area contributed by atoms with Gasteiger partial charge in [0, 0.05) is 43.6 Å². The smallest absolute Gasteiger partial charge is 0.317 e. The van der Waals surface area contributed by atoms with Crippen LogP contribution in [0.15, 0.2) is 48.5 Å². The van der Waals surface area contributed by atoms with Crippen LogP contribution in [0.5, 0.6) is 0 Å². The van der Waals surface area contributed by atoms with Crippen LogP contribution in [0, 0.1) is 11.6 Å². The lowest BCUT2D eigenvalue weighted by atomic mass is 10.1. The Morgan fingerprint density at radius 1 is 0.933 bits per heavy atom. The van der Waals surface area contributed by atoms with Crippen LogP contribution in [-0.4, -0.2) is 59.4 Å². The van der Waals surface area contributed by atoms with Gasteiger partial charge in [0.1, 0.15) is 5.69 Å². The van der Waals surface area contributed by atoms with Gasteiger partial charge in [-0.3, -0.25) is 4.79 Å². The highest BCUT2D eigenvalue weighted by Crippen LogP contribution is 2.17. The molecular weight excluding hydrogens is 390 g/mol. The largest absolute Gasteiger partial charge is 0.351 e. The molecule has 6 nitrogen and oxygen atoms in total. The molecule has 1 aromatic heterocycles. The summed E-state index contributed by atoms with van der Waals surface area (Å²) in [5.74, 6) is -1.86. The number of amides is 3. The Morgan fingerprint density at radius 3 is 2.40 bits per heavy atom. The first-order valence-corrected chi connectivity index (χ1v) is 9.85. The summed E-state index contributed by atoms with van der Waals surface area (Å²) in [6.07, 6.45) is 0.405. The second-order valence-corrected chi connectivity index (χ2v) is 7.28. The third-order valence-electron chi connectivity index (χ3n) is 5.29. The molecule has 2 N–H and O–H groups in total. The van der Waals surface area contributed by atoms with Crippen LogP contribution in [0.4, 0.5) is 13.6 Å². The Labute approximate surface area is 172 Å². The van der Waals surface area contributed by atoms with Crippen LogP contribution >= 0.6 is 0 Å². The summed E-state index contributed by atoms with van der Waals surface area (Å²) in [5, 5.41) is 3.78. The first kappa shape index (κ1) is 19.9. The minimum atomic E-state index is -0.894. The summed E-state index contributed by atoms with van der Waals surface area (Å²) >= 11 is 0. The number of fused-ring (bicyclic) bond motifs is 1. The van der Waals surface area contributed by atoms with E-state index in [4.69, 9.17) is 0 Å². The topological polar surface area (TPSA) is 68.4 Å². The molecular formula is C22H22F2N4O2. The van der Waals surface area contributed by atoms with Gasteiger partial charge < -0.3 is 20.1 Å². The lowest BCUT2D eigenvalue weighted by Gasteiger charge is -2.34. The zero-order chi connectivity index (χ0) is 21.1. The molecule has 1 aliphatic heterocycles. The number of aromatic nitrogens is 1. The molecule has 1 saturated heterocycles. The van der Waals surface area contributed by atoms with Crippen molar-refractivity contribution in [1.29, 1.82) is 0 Å².